The number of hydrogen-bond acceptors (Lipinski definition) is 5. The van der Waals surface area contributed by atoms with Gasteiger partial charge in [0.05, 0.1) is 24.6 Å². The van der Waals surface area contributed by atoms with Crippen molar-refractivity contribution in [3.8, 4) is 11.4 Å². The Morgan fingerprint density at radius 3 is 2.46 bits per heavy atom. The van der Waals surface area contributed by atoms with E-state index in [0.717, 1.165) is 11.3 Å². The van der Waals surface area contributed by atoms with Crippen LogP contribution in [0.4, 0.5) is 0 Å². The van der Waals surface area contributed by atoms with E-state index in [-0.39, 0.29) is 0 Å². The van der Waals surface area contributed by atoms with Gasteiger partial charge in [-0.25, -0.2) is 14.3 Å². The molecule has 0 saturated carbocycles. The largest absolute Gasteiger partial charge is 0.465 e. The van der Waals surface area contributed by atoms with Gasteiger partial charge in [-0.2, -0.15) is 5.10 Å². The van der Waals surface area contributed by atoms with Crippen LogP contribution in [0, 0.1) is 0 Å². The zero-order valence-corrected chi connectivity index (χ0v) is 14.0. The number of carbonyl (C=O) groups is 2. The SMILES string of the molecule is COC(=O)c1ccc(OC(=O)C=Cc2cnn(-c3ccccc3)c2)cc1. The molecule has 3 aromatic rings. The fraction of sp³-hybridized carbons (Fsp3) is 0.0500. The van der Waals surface area contributed by atoms with E-state index in [1.54, 1.807) is 17.0 Å². The fourth-order valence-corrected chi connectivity index (χ4v) is 2.24. The summed E-state index contributed by atoms with van der Waals surface area (Å²) in [5.74, 6) is -0.631. The minimum atomic E-state index is -0.525. The van der Waals surface area contributed by atoms with Gasteiger partial charge < -0.3 is 9.47 Å². The van der Waals surface area contributed by atoms with E-state index in [9.17, 15) is 9.59 Å². The molecule has 0 atom stereocenters. The minimum absolute atomic E-state index is 0.340. The predicted octanol–water partition coefficient (Wildman–Crippen LogP) is 3.28. The van der Waals surface area contributed by atoms with Crippen molar-refractivity contribution < 1.29 is 19.1 Å². The summed E-state index contributed by atoms with van der Waals surface area (Å²) in [4.78, 5) is 23.3. The van der Waals surface area contributed by atoms with Crippen LogP contribution in [0.3, 0.4) is 0 Å². The van der Waals surface area contributed by atoms with Gasteiger partial charge >= 0.3 is 11.9 Å². The van der Waals surface area contributed by atoms with Crippen molar-refractivity contribution in [3.63, 3.8) is 0 Å². The quantitative estimate of drug-likeness (QED) is 0.402. The number of para-hydroxylation sites is 1. The Balaban J connectivity index is 1.61. The van der Waals surface area contributed by atoms with Crippen LogP contribution in [0.1, 0.15) is 15.9 Å². The summed E-state index contributed by atoms with van der Waals surface area (Å²) in [6.45, 7) is 0. The van der Waals surface area contributed by atoms with E-state index >= 15 is 0 Å². The molecule has 6 nitrogen and oxygen atoms in total. The highest BCUT2D eigenvalue weighted by Crippen LogP contribution is 2.14. The summed E-state index contributed by atoms with van der Waals surface area (Å²) in [5, 5.41) is 4.25. The maximum atomic E-state index is 11.9. The third kappa shape index (κ3) is 4.24. The predicted molar refractivity (Wildman–Crippen MR) is 96.0 cm³/mol. The number of benzene rings is 2. The molecule has 0 amide bonds. The molecule has 0 aliphatic carbocycles. The standard InChI is InChI=1S/C20H16N2O4/c1-25-20(24)16-8-10-18(11-9-16)26-19(23)12-7-15-13-21-22(14-15)17-5-3-2-4-6-17/h2-14H,1H3. The molecular weight excluding hydrogens is 332 g/mol. The Kier molecular flexibility index (Phi) is 5.24. The fourth-order valence-electron chi connectivity index (χ4n) is 2.24. The van der Waals surface area contributed by atoms with Crippen LogP contribution in [-0.2, 0) is 9.53 Å². The normalized spacial score (nSPS) is 10.7. The Hall–Kier alpha value is -3.67. The highest BCUT2D eigenvalue weighted by molar-refractivity contribution is 5.90. The average molecular weight is 348 g/mol. The van der Waals surface area contributed by atoms with Crippen molar-refractivity contribution in [1.29, 1.82) is 0 Å². The van der Waals surface area contributed by atoms with Crippen LogP contribution >= 0.6 is 0 Å². The molecule has 0 saturated heterocycles. The molecule has 0 fully saturated rings. The molecule has 130 valence electrons. The van der Waals surface area contributed by atoms with Crippen LogP contribution in [0.15, 0.2) is 73.1 Å². The lowest BCUT2D eigenvalue weighted by Crippen LogP contribution is -2.05. The van der Waals surface area contributed by atoms with Gasteiger partial charge in [0, 0.05) is 17.8 Å². The first-order chi connectivity index (χ1) is 12.7. The molecule has 6 heteroatoms. The van der Waals surface area contributed by atoms with Gasteiger partial charge in [-0.3, -0.25) is 0 Å². The summed E-state index contributed by atoms with van der Waals surface area (Å²) in [5.41, 5.74) is 2.09. The molecule has 0 N–H and O–H groups in total. The van der Waals surface area contributed by atoms with Gasteiger partial charge in [0.2, 0.25) is 0 Å². The van der Waals surface area contributed by atoms with Crippen LogP contribution in [0.5, 0.6) is 5.75 Å². The Morgan fingerprint density at radius 2 is 1.77 bits per heavy atom. The number of carbonyl (C=O) groups excluding carboxylic acids is 2. The van der Waals surface area contributed by atoms with Gasteiger partial charge in [-0.15, -0.1) is 0 Å². The first kappa shape index (κ1) is 17.2. The van der Waals surface area contributed by atoms with Crippen molar-refractivity contribution in [2.45, 2.75) is 0 Å². The highest BCUT2D eigenvalue weighted by atomic mass is 16.5. The van der Waals surface area contributed by atoms with E-state index in [4.69, 9.17) is 4.74 Å². The third-order valence-corrected chi connectivity index (χ3v) is 3.53. The number of aromatic nitrogens is 2. The molecule has 26 heavy (non-hydrogen) atoms. The number of esters is 2. The van der Waals surface area contributed by atoms with Gasteiger partial charge in [0.25, 0.3) is 0 Å². The summed E-state index contributed by atoms with van der Waals surface area (Å²) in [7, 11) is 1.31. The summed E-state index contributed by atoms with van der Waals surface area (Å²) in [6.07, 6.45) is 6.41. The molecule has 2 aromatic carbocycles. The topological polar surface area (TPSA) is 70.4 Å². The van der Waals surface area contributed by atoms with Gasteiger partial charge in [-0.05, 0) is 42.5 Å². The Labute approximate surface area is 150 Å². The Bertz CT molecular complexity index is 928. The summed E-state index contributed by atoms with van der Waals surface area (Å²) in [6, 6.07) is 15.8. The molecule has 1 aromatic heterocycles. The first-order valence-electron chi connectivity index (χ1n) is 7.84. The highest BCUT2D eigenvalue weighted by Gasteiger charge is 2.06. The number of rotatable bonds is 5. The van der Waals surface area contributed by atoms with Crippen molar-refractivity contribution in [1.82, 2.24) is 9.78 Å². The third-order valence-electron chi connectivity index (χ3n) is 3.53. The molecule has 0 bridgehead atoms. The van der Waals surface area contributed by atoms with E-state index in [1.807, 2.05) is 36.5 Å². The van der Waals surface area contributed by atoms with Crippen molar-refractivity contribution in [2.24, 2.45) is 0 Å². The smallest absolute Gasteiger partial charge is 0.337 e. The van der Waals surface area contributed by atoms with Crippen molar-refractivity contribution in [2.75, 3.05) is 7.11 Å². The monoisotopic (exact) mass is 348 g/mol. The lowest BCUT2D eigenvalue weighted by molar-refractivity contribution is -0.128. The summed E-state index contributed by atoms with van der Waals surface area (Å²) >= 11 is 0. The van der Waals surface area contributed by atoms with Crippen LogP contribution in [0.2, 0.25) is 0 Å². The van der Waals surface area contributed by atoms with Crippen molar-refractivity contribution >= 4 is 18.0 Å². The second-order valence-corrected chi connectivity index (χ2v) is 5.32. The molecule has 3 rings (SSSR count). The number of methoxy groups -OCH3 is 1. The lowest BCUT2D eigenvalue weighted by atomic mass is 10.2. The van der Waals surface area contributed by atoms with E-state index in [2.05, 4.69) is 9.84 Å². The molecule has 0 aliphatic heterocycles. The van der Waals surface area contributed by atoms with E-state index in [0.29, 0.717) is 11.3 Å². The van der Waals surface area contributed by atoms with Gasteiger partial charge in [0.15, 0.2) is 0 Å². The number of ether oxygens (including phenoxy) is 2. The molecule has 0 radical (unpaired) electrons. The second-order valence-electron chi connectivity index (χ2n) is 5.32. The van der Waals surface area contributed by atoms with Crippen molar-refractivity contribution in [3.05, 3.63) is 84.2 Å². The zero-order valence-electron chi connectivity index (χ0n) is 14.0. The van der Waals surface area contributed by atoms with Gasteiger partial charge in [0.1, 0.15) is 5.75 Å². The zero-order chi connectivity index (χ0) is 18.4. The lowest BCUT2D eigenvalue weighted by Gasteiger charge is -2.02. The molecular formula is C20H16N2O4. The average Bonchev–Trinajstić information content (AvgIpc) is 3.16. The van der Waals surface area contributed by atoms with Crippen LogP contribution < -0.4 is 4.74 Å². The van der Waals surface area contributed by atoms with E-state index < -0.39 is 11.9 Å². The Morgan fingerprint density at radius 1 is 1.04 bits per heavy atom. The van der Waals surface area contributed by atoms with Crippen LogP contribution in [0.25, 0.3) is 11.8 Å². The molecule has 0 unspecified atom stereocenters. The maximum absolute atomic E-state index is 11.9. The first-order valence-corrected chi connectivity index (χ1v) is 7.84. The van der Waals surface area contributed by atoms with Crippen LogP contribution in [-0.4, -0.2) is 28.8 Å². The minimum Gasteiger partial charge on any atom is -0.465 e. The maximum Gasteiger partial charge on any atom is 0.337 e. The molecule has 1 heterocycles. The number of nitrogens with zero attached hydrogens (tertiary/aromatic N) is 2. The molecule has 0 aliphatic rings. The summed E-state index contributed by atoms with van der Waals surface area (Å²) < 4.78 is 11.5. The second kappa shape index (κ2) is 7.94. The van der Waals surface area contributed by atoms with Gasteiger partial charge in [-0.1, -0.05) is 18.2 Å². The van der Waals surface area contributed by atoms with E-state index in [1.165, 1.54) is 37.5 Å². The number of hydrogen-bond donors (Lipinski definition) is 0. The molecule has 0 spiro atoms.